The van der Waals surface area contributed by atoms with E-state index in [4.69, 9.17) is 11.1 Å². The SMILES string of the molecule is [N-]=[N+]=NCC(CN=[N+]=[N-])OC(=O)CCC(F)([N+](=O)[O-])[N+](=O)[O-]. The summed E-state index contributed by atoms with van der Waals surface area (Å²) in [5.41, 5.74) is 16.2. The second kappa shape index (κ2) is 8.89. The molecule has 0 aromatic heterocycles. The Morgan fingerprint density at radius 3 is 2.05 bits per heavy atom. The van der Waals surface area contributed by atoms with E-state index in [0.29, 0.717) is 0 Å². The molecule has 0 bridgehead atoms. The Kier molecular flexibility index (Phi) is 7.60. The van der Waals surface area contributed by atoms with Gasteiger partial charge in [0.2, 0.25) is 0 Å². The van der Waals surface area contributed by atoms with Gasteiger partial charge in [0.1, 0.15) is 22.4 Å². The first kappa shape index (κ1) is 18.8. The predicted molar refractivity (Wildman–Crippen MR) is 65.0 cm³/mol. The number of hydrogen-bond donors (Lipinski definition) is 0. The summed E-state index contributed by atoms with van der Waals surface area (Å²) in [6.45, 7) is -0.793. The molecule has 0 heterocycles. The number of rotatable bonds is 10. The molecule has 0 saturated carbocycles. The standard InChI is InChI=1S/C7H9FN8O6/c8-7(15(18)19,16(20)21)2-1-6(17)22-5(3-11-13-9)4-12-14-10/h5H,1-4H2. The topological polar surface area (TPSA) is 210 Å². The first-order valence-corrected chi connectivity index (χ1v) is 5.47. The molecule has 22 heavy (non-hydrogen) atoms. The number of carbonyl (C=O) groups is 1. The summed E-state index contributed by atoms with van der Waals surface area (Å²) in [5, 5.41) is 26.8. The third kappa shape index (κ3) is 5.85. The van der Waals surface area contributed by atoms with Crippen LogP contribution in [0, 0.1) is 20.2 Å². The van der Waals surface area contributed by atoms with Gasteiger partial charge in [0.15, 0.2) is 0 Å². The number of alkyl halides is 1. The Hall–Kier alpha value is -3.18. The highest BCUT2D eigenvalue weighted by atomic mass is 19.2. The number of esters is 1. The second-order valence-electron chi connectivity index (χ2n) is 3.67. The molecule has 0 fully saturated rings. The molecule has 120 valence electrons. The highest BCUT2D eigenvalue weighted by Crippen LogP contribution is 2.20. The molecule has 0 aromatic carbocycles. The first-order chi connectivity index (χ1) is 10.3. The van der Waals surface area contributed by atoms with Crippen LogP contribution in [-0.2, 0) is 9.53 Å². The average molecular weight is 320 g/mol. The number of nitro groups is 2. The predicted octanol–water partition coefficient (Wildman–Crippen LogP) is 1.48. The molecule has 0 unspecified atom stereocenters. The maximum atomic E-state index is 13.4. The fourth-order valence-corrected chi connectivity index (χ4v) is 1.14. The lowest BCUT2D eigenvalue weighted by Crippen LogP contribution is -2.42. The van der Waals surface area contributed by atoms with Gasteiger partial charge in [-0.3, -0.25) is 25.0 Å². The molecule has 0 N–H and O–H groups in total. The highest BCUT2D eigenvalue weighted by molar-refractivity contribution is 5.69. The second-order valence-corrected chi connectivity index (χ2v) is 3.67. The normalized spacial score (nSPS) is 11.5. The van der Waals surface area contributed by atoms with Crippen molar-refractivity contribution in [2.24, 2.45) is 10.2 Å². The summed E-state index contributed by atoms with van der Waals surface area (Å²) in [7, 11) is 0. The molecule has 0 saturated heterocycles. The van der Waals surface area contributed by atoms with Crippen LogP contribution < -0.4 is 0 Å². The molecular weight excluding hydrogens is 311 g/mol. The highest BCUT2D eigenvalue weighted by Gasteiger charge is 2.57. The van der Waals surface area contributed by atoms with Crippen molar-refractivity contribution in [2.75, 3.05) is 13.1 Å². The summed E-state index contributed by atoms with van der Waals surface area (Å²) in [4.78, 5) is 33.2. The summed E-state index contributed by atoms with van der Waals surface area (Å²) >= 11 is 0. The number of halogens is 1. The number of ether oxygens (including phenoxy) is 1. The van der Waals surface area contributed by atoms with Crippen molar-refractivity contribution in [1.29, 1.82) is 0 Å². The minimum absolute atomic E-state index is 0.396. The fraction of sp³-hybridized carbons (Fsp3) is 0.857. The van der Waals surface area contributed by atoms with E-state index in [2.05, 4.69) is 24.8 Å². The molecule has 0 aliphatic carbocycles. The Morgan fingerprint density at radius 1 is 1.23 bits per heavy atom. The van der Waals surface area contributed by atoms with Crippen LogP contribution in [-0.4, -0.2) is 40.9 Å². The molecule has 0 spiro atoms. The lowest BCUT2D eigenvalue weighted by atomic mass is 10.2. The van der Waals surface area contributed by atoms with Crippen LogP contribution >= 0.6 is 0 Å². The third-order valence-corrected chi connectivity index (χ3v) is 2.20. The van der Waals surface area contributed by atoms with Crippen LogP contribution in [0.2, 0.25) is 0 Å². The molecule has 0 amide bonds. The number of carbonyl (C=O) groups excluding carboxylic acids is 1. The Labute approximate surface area is 120 Å². The first-order valence-electron chi connectivity index (χ1n) is 5.47. The molecule has 0 atom stereocenters. The molecule has 14 nitrogen and oxygen atoms in total. The Morgan fingerprint density at radius 2 is 1.68 bits per heavy atom. The van der Waals surface area contributed by atoms with Crippen molar-refractivity contribution in [3.8, 4) is 0 Å². The van der Waals surface area contributed by atoms with Crippen molar-refractivity contribution in [1.82, 2.24) is 0 Å². The summed E-state index contributed by atoms with van der Waals surface area (Å²) in [5.74, 6) is -5.22. The van der Waals surface area contributed by atoms with E-state index in [9.17, 15) is 29.4 Å². The van der Waals surface area contributed by atoms with Gasteiger partial charge in [-0.05, 0) is 11.1 Å². The van der Waals surface area contributed by atoms with E-state index in [1.165, 1.54) is 0 Å². The van der Waals surface area contributed by atoms with Crippen LogP contribution in [0.1, 0.15) is 12.8 Å². The van der Waals surface area contributed by atoms with Crippen molar-refractivity contribution in [3.63, 3.8) is 0 Å². The van der Waals surface area contributed by atoms with Crippen molar-refractivity contribution in [2.45, 2.75) is 24.9 Å². The smallest absolute Gasteiger partial charge is 0.462 e. The van der Waals surface area contributed by atoms with Crippen LogP contribution in [0.15, 0.2) is 10.2 Å². The van der Waals surface area contributed by atoms with Gasteiger partial charge in [-0.2, -0.15) is 0 Å². The van der Waals surface area contributed by atoms with E-state index < -0.39 is 53.8 Å². The summed E-state index contributed by atoms with van der Waals surface area (Å²) < 4.78 is 18.0. The molecule has 0 radical (unpaired) electrons. The maximum Gasteiger partial charge on any atom is 0.614 e. The van der Waals surface area contributed by atoms with Crippen molar-refractivity contribution in [3.05, 3.63) is 41.1 Å². The van der Waals surface area contributed by atoms with Gasteiger partial charge >= 0.3 is 11.9 Å². The van der Waals surface area contributed by atoms with Gasteiger partial charge in [-0.25, -0.2) is 0 Å². The number of hydrogen-bond acceptors (Lipinski definition) is 8. The van der Waals surface area contributed by atoms with Gasteiger partial charge in [0, 0.05) is 9.82 Å². The van der Waals surface area contributed by atoms with Crippen molar-refractivity contribution >= 4 is 5.97 Å². The Bertz CT molecular complexity index is 507. The van der Waals surface area contributed by atoms with Gasteiger partial charge < -0.3 is 4.74 Å². The third-order valence-electron chi connectivity index (χ3n) is 2.20. The van der Waals surface area contributed by atoms with Crippen LogP contribution in [0.25, 0.3) is 20.9 Å². The summed E-state index contributed by atoms with van der Waals surface area (Å²) in [6.07, 6.45) is -3.48. The van der Waals surface area contributed by atoms with Crippen LogP contribution in [0.5, 0.6) is 0 Å². The quantitative estimate of drug-likeness (QED) is 0.0848. The van der Waals surface area contributed by atoms with E-state index in [-0.39, 0.29) is 0 Å². The zero-order chi connectivity index (χ0) is 17.2. The molecule has 0 aromatic rings. The molecule has 0 aliphatic rings. The van der Waals surface area contributed by atoms with Gasteiger partial charge in [-0.15, -0.1) is 0 Å². The largest absolute Gasteiger partial charge is 0.614 e. The van der Waals surface area contributed by atoms with E-state index in [1.54, 1.807) is 0 Å². The zero-order valence-electron chi connectivity index (χ0n) is 10.8. The van der Waals surface area contributed by atoms with E-state index in [1.807, 2.05) is 0 Å². The summed E-state index contributed by atoms with van der Waals surface area (Å²) in [6, 6.07) is 0. The number of nitrogens with zero attached hydrogens (tertiary/aromatic N) is 8. The van der Waals surface area contributed by atoms with E-state index in [0.717, 1.165) is 0 Å². The van der Waals surface area contributed by atoms with Gasteiger partial charge in [0.05, 0.1) is 19.5 Å². The van der Waals surface area contributed by atoms with Crippen molar-refractivity contribution < 1.29 is 23.8 Å². The lowest BCUT2D eigenvalue weighted by molar-refractivity contribution is -0.832. The molecule has 0 aliphatic heterocycles. The fourth-order valence-electron chi connectivity index (χ4n) is 1.14. The maximum absolute atomic E-state index is 13.4. The van der Waals surface area contributed by atoms with Crippen LogP contribution in [0.3, 0.4) is 0 Å². The minimum Gasteiger partial charge on any atom is -0.462 e. The molecular formula is C7H9FN8O6. The molecule has 0 rings (SSSR count). The average Bonchev–Trinajstić information content (AvgIpc) is 2.46. The Balaban J connectivity index is 4.68. The van der Waals surface area contributed by atoms with E-state index >= 15 is 0 Å². The lowest BCUT2D eigenvalue weighted by Gasteiger charge is -2.13. The minimum atomic E-state index is -4.01. The zero-order valence-corrected chi connectivity index (χ0v) is 10.8. The number of azide groups is 2. The van der Waals surface area contributed by atoms with Crippen LogP contribution in [0.4, 0.5) is 4.39 Å². The molecule has 15 heteroatoms. The van der Waals surface area contributed by atoms with Gasteiger partial charge in [0.25, 0.3) is 0 Å². The van der Waals surface area contributed by atoms with Gasteiger partial charge in [-0.1, -0.05) is 14.6 Å². The monoisotopic (exact) mass is 320 g/mol.